The Morgan fingerprint density at radius 2 is 1.35 bits per heavy atom. The van der Waals surface area contributed by atoms with Crippen molar-refractivity contribution < 1.29 is 36.5 Å². The zero-order chi connectivity index (χ0) is 28.8. The van der Waals surface area contributed by atoms with Crippen LogP contribution in [-0.2, 0) is 6.42 Å². The topological polar surface area (TPSA) is 38.7 Å². The van der Waals surface area contributed by atoms with Crippen LogP contribution < -0.4 is 9.47 Å². The molecule has 4 aromatic rings. The molecule has 0 aliphatic carbocycles. The Bertz CT molecular complexity index is 1470. The van der Waals surface area contributed by atoms with Crippen molar-refractivity contribution in [1.29, 1.82) is 0 Å². The van der Waals surface area contributed by atoms with Gasteiger partial charge in [0.05, 0.1) is 19.8 Å². The van der Waals surface area contributed by atoms with Crippen molar-refractivity contribution in [2.75, 3.05) is 13.7 Å². The van der Waals surface area contributed by atoms with Crippen molar-refractivity contribution in [2.24, 2.45) is 0 Å². The molecule has 0 saturated heterocycles. The molecule has 3 nitrogen and oxygen atoms in total. The van der Waals surface area contributed by atoms with Crippen molar-refractivity contribution in [1.82, 2.24) is 0 Å². The third kappa shape index (κ3) is 6.28. The zero-order valence-electron chi connectivity index (χ0n) is 22.1. The molecule has 0 heterocycles. The van der Waals surface area contributed by atoms with E-state index in [1.807, 2.05) is 6.92 Å². The highest BCUT2D eigenvalue weighted by Gasteiger charge is 2.20. The average molecular weight is 557 g/mol. The average Bonchev–Trinajstić information content (AvgIpc) is 2.95. The van der Waals surface area contributed by atoms with Crippen LogP contribution in [0, 0.1) is 29.1 Å². The van der Waals surface area contributed by atoms with E-state index in [0.717, 1.165) is 11.6 Å². The Morgan fingerprint density at radius 3 is 2.02 bits per heavy atom. The Kier molecular flexibility index (Phi) is 9.42. The number of hydrogen-bond donors (Lipinski definition) is 1. The largest absolute Gasteiger partial charge is 0.494 e. The summed E-state index contributed by atoms with van der Waals surface area (Å²) in [5.74, 6) is -5.28. The molecule has 0 aliphatic rings. The van der Waals surface area contributed by atoms with E-state index < -0.39 is 35.2 Å². The maximum atomic E-state index is 14.7. The van der Waals surface area contributed by atoms with Gasteiger partial charge in [-0.05, 0) is 60.2 Å². The molecular weight excluding hydrogens is 527 g/mol. The molecule has 0 amide bonds. The fourth-order valence-electron chi connectivity index (χ4n) is 4.48. The third-order valence-corrected chi connectivity index (χ3v) is 6.68. The molecule has 4 rings (SSSR count). The number of benzene rings is 4. The molecule has 0 radical (unpaired) electrons. The van der Waals surface area contributed by atoms with Crippen molar-refractivity contribution in [2.45, 2.75) is 38.7 Å². The fourth-order valence-corrected chi connectivity index (χ4v) is 4.48. The lowest BCUT2D eigenvalue weighted by atomic mass is 9.97. The second-order valence-corrected chi connectivity index (χ2v) is 9.37. The van der Waals surface area contributed by atoms with Gasteiger partial charge in [0, 0.05) is 16.7 Å². The Labute approximate surface area is 229 Å². The van der Waals surface area contributed by atoms with Gasteiger partial charge >= 0.3 is 0 Å². The van der Waals surface area contributed by atoms with Crippen LogP contribution in [0.2, 0.25) is 0 Å². The lowest BCUT2D eigenvalue weighted by Crippen LogP contribution is -2.04. The minimum Gasteiger partial charge on any atom is -0.494 e. The minimum atomic E-state index is -1.15. The molecule has 40 heavy (non-hydrogen) atoms. The van der Waals surface area contributed by atoms with E-state index in [2.05, 4.69) is 0 Å². The Balaban J connectivity index is 1.34. The number of aliphatic hydroxyl groups is 1. The second-order valence-electron chi connectivity index (χ2n) is 9.37. The summed E-state index contributed by atoms with van der Waals surface area (Å²) in [6, 6.07) is 16.3. The maximum Gasteiger partial charge on any atom is 0.201 e. The normalized spacial score (nSPS) is 11.9. The summed E-state index contributed by atoms with van der Waals surface area (Å²) < 4.78 is 82.5. The molecule has 8 heteroatoms. The van der Waals surface area contributed by atoms with Crippen LogP contribution in [0.5, 0.6) is 11.5 Å². The van der Waals surface area contributed by atoms with Gasteiger partial charge in [0.15, 0.2) is 34.8 Å². The number of aliphatic hydroxyl groups excluding tert-OH is 1. The summed E-state index contributed by atoms with van der Waals surface area (Å²) in [7, 11) is 1.23. The molecular formula is C32H29F5O3. The van der Waals surface area contributed by atoms with Gasteiger partial charge in [0.1, 0.15) is 0 Å². The summed E-state index contributed by atoms with van der Waals surface area (Å²) >= 11 is 0. The summed E-state index contributed by atoms with van der Waals surface area (Å²) in [6.45, 7) is 2.05. The van der Waals surface area contributed by atoms with Crippen molar-refractivity contribution >= 4 is 0 Å². The van der Waals surface area contributed by atoms with Crippen LogP contribution in [0.1, 0.15) is 43.4 Å². The monoisotopic (exact) mass is 556 g/mol. The van der Waals surface area contributed by atoms with Gasteiger partial charge in [0.2, 0.25) is 5.82 Å². The quantitative estimate of drug-likeness (QED) is 0.149. The van der Waals surface area contributed by atoms with E-state index in [1.54, 1.807) is 24.3 Å². The van der Waals surface area contributed by atoms with Crippen molar-refractivity contribution in [3.63, 3.8) is 0 Å². The summed E-state index contributed by atoms with van der Waals surface area (Å²) in [6.07, 6.45) is 1.08. The molecule has 210 valence electrons. The van der Waals surface area contributed by atoms with E-state index in [4.69, 9.17) is 9.47 Å². The number of ether oxygens (including phenoxy) is 2. The standard InChI is InChI=1S/C32H29F5O3/c1-3-5-26(38)24-13-12-22(29(34)31(24)36)20-9-7-19(8-10-20)6-4-17-40-27-15-11-21(18-25(27)33)23-14-16-28(39-2)32(37)30(23)35/h7-16,18,26,38H,3-6,17H2,1-2H3. The van der Waals surface area contributed by atoms with Gasteiger partial charge in [-0.1, -0.05) is 55.8 Å². The number of halogens is 5. The van der Waals surface area contributed by atoms with Crippen molar-refractivity contribution in [3.05, 3.63) is 107 Å². The second kappa shape index (κ2) is 13.0. The molecule has 0 aliphatic heterocycles. The lowest BCUT2D eigenvalue weighted by Gasteiger charge is -2.14. The van der Waals surface area contributed by atoms with Crippen LogP contribution >= 0.6 is 0 Å². The number of methoxy groups -OCH3 is 1. The third-order valence-electron chi connectivity index (χ3n) is 6.68. The highest BCUT2D eigenvalue weighted by molar-refractivity contribution is 5.67. The molecule has 0 saturated carbocycles. The van der Waals surface area contributed by atoms with Gasteiger partial charge in [-0.3, -0.25) is 0 Å². The molecule has 1 atom stereocenters. The van der Waals surface area contributed by atoms with Crippen LogP contribution in [0.4, 0.5) is 22.0 Å². The van der Waals surface area contributed by atoms with E-state index in [1.165, 1.54) is 43.5 Å². The first-order valence-corrected chi connectivity index (χ1v) is 12.9. The van der Waals surface area contributed by atoms with Crippen molar-refractivity contribution in [3.8, 4) is 33.8 Å². The van der Waals surface area contributed by atoms with Crippen LogP contribution in [0.3, 0.4) is 0 Å². The van der Waals surface area contributed by atoms with Gasteiger partial charge < -0.3 is 14.6 Å². The number of aryl methyl sites for hydroxylation is 1. The lowest BCUT2D eigenvalue weighted by molar-refractivity contribution is 0.160. The smallest absolute Gasteiger partial charge is 0.201 e. The SMILES string of the molecule is CCCC(O)c1ccc(-c2ccc(CCCOc3ccc(-c4ccc(OC)c(F)c4F)cc3F)cc2)c(F)c1F. The Hall–Kier alpha value is -3.91. The first kappa shape index (κ1) is 29.1. The molecule has 1 unspecified atom stereocenters. The zero-order valence-corrected chi connectivity index (χ0v) is 22.1. The maximum absolute atomic E-state index is 14.7. The number of rotatable bonds is 11. The van der Waals surface area contributed by atoms with Crippen LogP contribution in [-0.4, -0.2) is 18.8 Å². The highest BCUT2D eigenvalue weighted by Crippen LogP contribution is 2.33. The predicted molar refractivity (Wildman–Crippen MR) is 144 cm³/mol. The highest BCUT2D eigenvalue weighted by atomic mass is 19.2. The van der Waals surface area contributed by atoms with Gasteiger partial charge in [-0.25, -0.2) is 17.6 Å². The predicted octanol–water partition coefficient (Wildman–Crippen LogP) is 8.57. The molecule has 1 N–H and O–H groups in total. The molecule has 0 fully saturated rings. The summed E-state index contributed by atoms with van der Waals surface area (Å²) in [4.78, 5) is 0. The van der Waals surface area contributed by atoms with E-state index in [-0.39, 0.29) is 40.4 Å². The van der Waals surface area contributed by atoms with E-state index in [0.29, 0.717) is 31.2 Å². The molecule has 0 bridgehead atoms. The molecule has 4 aromatic carbocycles. The van der Waals surface area contributed by atoms with E-state index in [9.17, 15) is 27.1 Å². The molecule has 0 aromatic heterocycles. The summed E-state index contributed by atoms with van der Waals surface area (Å²) in [5.41, 5.74) is 1.55. The van der Waals surface area contributed by atoms with Crippen LogP contribution in [0.15, 0.2) is 66.7 Å². The first-order chi connectivity index (χ1) is 19.2. The van der Waals surface area contributed by atoms with E-state index >= 15 is 0 Å². The first-order valence-electron chi connectivity index (χ1n) is 12.9. The van der Waals surface area contributed by atoms with Gasteiger partial charge in [-0.15, -0.1) is 0 Å². The van der Waals surface area contributed by atoms with Gasteiger partial charge in [0.25, 0.3) is 0 Å². The fraction of sp³-hybridized carbons (Fsp3) is 0.250. The van der Waals surface area contributed by atoms with Crippen LogP contribution in [0.25, 0.3) is 22.3 Å². The number of hydrogen-bond acceptors (Lipinski definition) is 3. The Morgan fingerprint density at radius 1 is 0.725 bits per heavy atom. The van der Waals surface area contributed by atoms with Gasteiger partial charge in [-0.2, -0.15) is 4.39 Å². The molecule has 0 spiro atoms. The summed E-state index contributed by atoms with van der Waals surface area (Å²) in [5, 5.41) is 10.0. The minimum absolute atomic E-state index is 0.0153.